The predicted molar refractivity (Wildman–Crippen MR) is 166 cm³/mol. The molecule has 0 radical (unpaired) electrons. The Kier molecular flexibility index (Phi) is 8.30. The predicted octanol–water partition coefficient (Wildman–Crippen LogP) is 7.98. The summed E-state index contributed by atoms with van der Waals surface area (Å²) in [6.07, 6.45) is 10.7. The molecule has 0 heterocycles. The third kappa shape index (κ3) is 5.69. The molecule has 0 bridgehead atoms. The van der Waals surface area contributed by atoms with Gasteiger partial charge in [0.1, 0.15) is 12.2 Å². The summed E-state index contributed by atoms with van der Waals surface area (Å²) in [4.78, 5) is 37.4. The maximum Gasteiger partial charge on any atom is 0.310 e. The van der Waals surface area contributed by atoms with E-state index < -0.39 is 0 Å². The third-order valence-corrected chi connectivity index (χ3v) is 12.5. The fourth-order valence-corrected chi connectivity index (χ4v) is 10.4. The van der Waals surface area contributed by atoms with Gasteiger partial charge in [-0.3, -0.25) is 14.4 Å². The van der Waals surface area contributed by atoms with Crippen molar-refractivity contribution in [1.29, 1.82) is 0 Å². The van der Waals surface area contributed by atoms with E-state index in [9.17, 15) is 14.4 Å². The van der Waals surface area contributed by atoms with Crippen LogP contribution in [0.25, 0.3) is 0 Å². The molecule has 0 aliphatic heterocycles. The maximum atomic E-state index is 13.0. The van der Waals surface area contributed by atoms with E-state index in [1.165, 1.54) is 45.4 Å². The van der Waals surface area contributed by atoms with Gasteiger partial charge in [-0.25, -0.2) is 0 Å². The summed E-state index contributed by atoms with van der Waals surface area (Å²) in [5, 5.41) is 0. The minimum atomic E-state index is -0.170. The van der Waals surface area contributed by atoms with Crippen molar-refractivity contribution in [2.45, 2.75) is 104 Å². The first-order valence-electron chi connectivity index (χ1n) is 16.6. The van der Waals surface area contributed by atoms with Gasteiger partial charge in [-0.15, -0.1) is 0 Å². The second-order valence-corrected chi connectivity index (χ2v) is 14.7. The van der Waals surface area contributed by atoms with E-state index in [0.717, 1.165) is 42.6 Å². The fourth-order valence-electron chi connectivity index (χ4n) is 10.4. The Bertz CT molecular complexity index is 1330. The van der Waals surface area contributed by atoms with E-state index in [1.54, 1.807) is 12.1 Å². The summed E-state index contributed by atoms with van der Waals surface area (Å²) in [6.45, 7) is 8.67. The Morgan fingerprint density at radius 1 is 0.814 bits per heavy atom. The molecule has 4 aliphatic rings. The highest BCUT2D eigenvalue weighted by molar-refractivity contribution is 6.08. The van der Waals surface area contributed by atoms with Crippen molar-refractivity contribution >= 4 is 17.7 Å². The number of carbonyl (C=O) groups is 3. The minimum absolute atomic E-state index is 0.00387. The Morgan fingerprint density at radius 2 is 1.49 bits per heavy atom. The number of ether oxygens (including phenoxy) is 2. The number of benzene rings is 2. The van der Waals surface area contributed by atoms with Crippen LogP contribution in [0.5, 0.6) is 0 Å². The first kappa shape index (κ1) is 30.1. The van der Waals surface area contributed by atoms with Gasteiger partial charge in [0.15, 0.2) is 5.78 Å². The zero-order valence-corrected chi connectivity index (χ0v) is 26.3. The lowest BCUT2D eigenvalue weighted by atomic mass is 9.44. The van der Waals surface area contributed by atoms with Gasteiger partial charge in [-0.2, -0.15) is 0 Å². The van der Waals surface area contributed by atoms with Crippen LogP contribution >= 0.6 is 0 Å². The van der Waals surface area contributed by atoms with Crippen molar-refractivity contribution in [3.8, 4) is 0 Å². The molecule has 230 valence electrons. The monoisotopic (exact) mass is 584 g/mol. The second kappa shape index (κ2) is 11.9. The summed E-state index contributed by atoms with van der Waals surface area (Å²) in [7, 11) is 0. The Balaban J connectivity index is 1.04. The van der Waals surface area contributed by atoms with Gasteiger partial charge in [0, 0.05) is 24.0 Å². The molecular weight excluding hydrogens is 536 g/mol. The molecule has 5 nitrogen and oxygen atoms in total. The molecule has 6 rings (SSSR count). The summed E-state index contributed by atoms with van der Waals surface area (Å²) >= 11 is 0. The Labute approximate surface area is 257 Å². The first-order chi connectivity index (χ1) is 20.6. The molecule has 0 aromatic heterocycles. The average molecular weight is 585 g/mol. The van der Waals surface area contributed by atoms with E-state index in [0.29, 0.717) is 28.4 Å². The van der Waals surface area contributed by atoms with Crippen LogP contribution in [0.3, 0.4) is 0 Å². The Morgan fingerprint density at radius 3 is 2.21 bits per heavy atom. The van der Waals surface area contributed by atoms with E-state index in [1.807, 2.05) is 42.5 Å². The lowest BCUT2D eigenvalue weighted by molar-refractivity contribution is -0.165. The SMILES string of the molecule is CC(=O)O[C@@H](C)[C@H]1CC[C@H]2[C@@H]3CC[C@H]4C[C@H](OC(=O)Cc5ccc(C(=O)c6ccccc6)cc5)CC[C@]4(C)[C@H]3CC[C@]12C. The molecule has 0 amide bonds. The maximum absolute atomic E-state index is 13.0. The van der Waals surface area contributed by atoms with Crippen molar-refractivity contribution in [2.24, 2.45) is 40.4 Å². The number of rotatable bonds is 7. The number of ketones is 1. The molecule has 4 saturated carbocycles. The topological polar surface area (TPSA) is 69.7 Å². The van der Waals surface area contributed by atoms with Crippen LogP contribution in [0.15, 0.2) is 54.6 Å². The van der Waals surface area contributed by atoms with Gasteiger partial charge in [0.25, 0.3) is 0 Å². The molecular formula is C38H48O5. The Hall–Kier alpha value is -2.95. The minimum Gasteiger partial charge on any atom is -0.463 e. The number of fused-ring (bicyclic) bond motifs is 5. The largest absolute Gasteiger partial charge is 0.463 e. The normalized spacial score (nSPS) is 35.5. The van der Waals surface area contributed by atoms with Gasteiger partial charge in [-0.05, 0) is 105 Å². The molecule has 2 aromatic carbocycles. The van der Waals surface area contributed by atoms with E-state index in [2.05, 4.69) is 20.8 Å². The molecule has 43 heavy (non-hydrogen) atoms. The number of hydrogen-bond donors (Lipinski definition) is 0. The molecule has 0 N–H and O–H groups in total. The van der Waals surface area contributed by atoms with Gasteiger partial charge < -0.3 is 9.47 Å². The average Bonchev–Trinajstić information content (AvgIpc) is 3.35. The van der Waals surface area contributed by atoms with E-state index in [-0.39, 0.29) is 41.8 Å². The third-order valence-electron chi connectivity index (χ3n) is 12.5. The molecule has 0 unspecified atom stereocenters. The number of esters is 2. The standard InChI is InChI=1S/C38H48O5/c1-24(42-25(2)39)32-16-17-33-31-15-14-29-23-30(18-20-37(29,3)34(31)19-21-38(32,33)4)43-35(40)22-26-10-12-28(13-11-26)36(41)27-8-6-5-7-9-27/h5-13,24,29-34H,14-23H2,1-4H3/t24-,29-,30+,31-,32+,33-,34-,37-,38+/m0/s1. The van der Waals surface area contributed by atoms with Crippen LogP contribution in [-0.4, -0.2) is 29.9 Å². The second-order valence-electron chi connectivity index (χ2n) is 14.7. The van der Waals surface area contributed by atoms with Gasteiger partial charge >= 0.3 is 11.9 Å². The van der Waals surface area contributed by atoms with Crippen molar-refractivity contribution in [2.75, 3.05) is 0 Å². The van der Waals surface area contributed by atoms with E-state index >= 15 is 0 Å². The molecule has 5 heteroatoms. The first-order valence-corrected chi connectivity index (χ1v) is 16.6. The highest BCUT2D eigenvalue weighted by Gasteiger charge is 2.61. The summed E-state index contributed by atoms with van der Waals surface area (Å²) in [6, 6.07) is 16.6. The van der Waals surface area contributed by atoms with Crippen LogP contribution in [0.2, 0.25) is 0 Å². The zero-order valence-electron chi connectivity index (χ0n) is 26.3. The lowest BCUT2D eigenvalue weighted by Gasteiger charge is -2.61. The molecule has 4 fully saturated rings. The lowest BCUT2D eigenvalue weighted by Crippen LogP contribution is -2.54. The van der Waals surface area contributed by atoms with Crippen LogP contribution in [0.4, 0.5) is 0 Å². The smallest absolute Gasteiger partial charge is 0.310 e. The van der Waals surface area contributed by atoms with Crippen LogP contribution in [0, 0.1) is 40.4 Å². The summed E-state index contributed by atoms with van der Waals surface area (Å²) < 4.78 is 11.8. The molecule has 0 spiro atoms. The van der Waals surface area contributed by atoms with Crippen molar-refractivity contribution in [3.63, 3.8) is 0 Å². The highest BCUT2D eigenvalue weighted by Crippen LogP contribution is 2.68. The van der Waals surface area contributed by atoms with Gasteiger partial charge in [0.2, 0.25) is 0 Å². The van der Waals surface area contributed by atoms with Crippen LogP contribution < -0.4 is 0 Å². The molecule has 0 saturated heterocycles. The van der Waals surface area contributed by atoms with Crippen molar-refractivity contribution in [3.05, 3.63) is 71.3 Å². The van der Waals surface area contributed by atoms with Crippen LogP contribution in [-0.2, 0) is 25.5 Å². The van der Waals surface area contributed by atoms with Crippen molar-refractivity contribution < 1.29 is 23.9 Å². The zero-order chi connectivity index (χ0) is 30.4. The quantitative estimate of drug-likeness (QED) is 0.244. The molecule has 9 atom stereocenters. The molecule has 4 aliphatic carbocycles. The fraction of sp³-hybridized carbons (Fsp3) is 0.605. The number of carbonyl (C=O) groups excluding carboxylic acids is 3. The van der Waals surface area contributed by atoms with Crippen LogP contribution in [0.1, 0.15) is 107 Å². The summed E-state index contributed by atoms with van der Waals surface area (Å²) in [5.74, 6) is 2.93. The highest BCUT2D eigenvalue weighted by atomic mass is 16.5. The van der Waals surface area contributed by atoms with Gasteiger partial charge in [0.05, 0.1) is 6.42 Å². The van der Waals surface area contributed by atoms with Crippen molar-refractivity contribution in [1.82, 2.24) is 0 Å². The van der Waals surface area contributed by atoms with E-state index in [4.69, 9.17) is 9.47 Å². The summed E-state index contributed by atoms with van der Waals surface area (Å²) in [5.41, 5.74) is 2.74. The molecule has 2 aromatic rings. The number of hydrogen-bond acceptors (Lipinski definition) is 5. The van der Waals surface area contributed by atoms with Gasteiger partial charge in [-0.1, -0.05) is 68.4 Å².